The second-order valence-electron chi connectivity index (χ2n) is 6.31. The molecule has 2 aromatic carbocycles. The number of hydrogen-bond acceptors (Lipinski definition) is 4. The van der Waals surface area contributed by atoms with Gasteiger partial charge < -0.3 is 10.1 Å². The van der Waals surface area contributed by atoms with E-state index in [9.17, 15) is 8.42 Å². The van der Waals surface area contributed by atoms with Crippen molar-refractivity contribution in [3.8, 4) is 0 Å². The van der Waals surface area contributed by atoms with E-state index >= 15 is 0 Å². The minimum atomic E-state index is -3.59. The van der Waals surface area contributed by atoms with Gasteiger partial charge in [-0.1, -0.05) is 30.3 Å². The highest BCUT2D eigenvalue weighted by atomic mass is 32.2. The molecule has 2 aromatic rings. The topological polar surface area (TPSA) is 58.6 Å². The van der Waals surface area contributed by atoms with Crippen molar-refractivity contribution in [2.24, 2.45) is 0 Å². The number of methoxy groups -OCH3 is 1. The van der Waals surface area contributed by atoms with Gasteiger partial charge in [0, 0.05) is 20.8 Å². The fraction of sp³-hybridized carbons (Fsp3) is 0.368. The Labute approximate surface area is 149 Å². The van der Waals surface area contributed by atoms with Crippen LogP contribution in [0.15, 0.2) is 47.4 Å². The molecular weight excluding hydrogens is 336 g/mol. The summed E-state index contributed by atoms with van der Waals surface area (Å²) in [5.74, 6) is 0. The van der Waals surface area contributed by atoms with E-state index in [2.05, 4.69) is 5.32 Å². The third-order valence-electron chi connectivity index (χ3n) is 4.58. The molecule has 6 heteroatoms. The van der Waals surface area contributed by atoms with Gasteiger partial charge in [0.05, 0.1) is 16.6 Å². The van der Waals surface area contributed by atoms with E-state index in [1.54, 1.807) is 26.3 Å². The van der Waals surface area contributed by atoms with Crippen LogP contribution in [0, 0.1) is 6.92 Å². The molecule has 3 rings (SSSR count). The highest BCUT2D eigenvalue weighted by Crippen LogP contribution is 2.40. The Kier molecular flexibility index (Phi) is 5.13. The molecule has 0 amide bonds. The summed E-state index contributed by atoms with van der Waals surface area (Å²) in [5, 5.41) is 3.52. The summed E-state index contributed by atoms with van der Waals surface area (Å²) in [5.41, 5.74) is 3.51. The van der Waals surface area contributed by atoms with Gasteiger partial charge in [-0.3, -0.25) is 4.31 Å². The maximum atomic E-state index is 13.1. The van der Waals surface area contributed by atoms with Crippen LogP contribution in [0.4, 0.5) is 5.69 Å². The third-order valence-corrected chi connectivity index (χ3v) is 6.42. The van der Waals surface area contributed by atoms with Crippen molar-refractivity contribution in [2.75, 3.05) is 31.6 Å². The molecule has 1 aliphatic heterocycles. The van der Waals surface area contributed by atoms with Crippen molar-refractivity contribution < 1.29 is 13.2 Å². The van der Waals surface area contributed by atoms with Gasteiger partial charge in [-0.25, -0.2) is 8.42 Å². The number of anilines is 1. The molecule has 134 valence electrons. The van der Waals surface area contributed by atoms with Gasteiger partial charge in [-0.2, -0.15) is 0 Å². The van der Waals surface area contributed by atoms with E-state index in [0.29, 0.717) is 11.5 Å². The SMILES string of the molecule is COCCCNC1c2ccc(C)cc2N(C)S(=O)(=O)c2ccccc21. The fourth-order valence-corrected chi connectivity index (χ4v) is 4.70. The normalized spacial score (nSPS) is 18.4. The van der Waals surface area contributed by atoms with Crippen LogP contribution in [0.25, 0.3) is 0 Å². The number of aryl methyl sites for hydroxylation is 1. The lowest BCUT2D eigenvalue weighted by molar-refractivity contribution is 0.193. The van der Waals surface area contributed by atoms with Crippen LogP contribution in [-0.2, 0) is 14.8 Å². The Balaban J connectivity index is 2.15. The molecule has 0 aliphatic carbocycles. The first kappa shape index (κ1) is 17.9. The molecule has 0 aromatic heterocycles. The Morgan fingerprint density at radius 2 is 1.92 bits per heavy atom. The molecule has 0 spiro atoms. The molecule has 0 radical (unpaired) electrons. The second-order valence-corrected chi connectivity index (χ2v) is 8.24. The number of nitrogens with zero attached hydrogens (tertiary/aromatic N) is 1. The second kappa shape index (κ2) is 7.15. The van der Waals surface area contributed by atoms with E-state index in [4.69, 9.17) is 4.74 Å². The Hall–Kier alpha value is -1.89. The van der Waals surface area contributed by atoms with Crippen molar-refractivity contribution in [1.82, 2.24) is 5.32 Å². The summed E-state index contributed by atoms with van der Waals surface area (Å²) in [6, 6.07) is 13.0. The Morgan fingerprint density at radius 3 is 2.68 bits per heavy atom. The van der Waals surface area contributed by atoms with Crippen molar-refractivity contribution in [3.05, 3.63) is 59.2 Å². The van der Waals surface area contributed by atoms with Gasteiger partial charge in [0.15, 0.2) is 0 Å². The van der Waals surface area contributed by atoms with E-state index in [-0.39, 0.29) is 6.04 Å². The molecule has 1 heterocycles. The highest BCUT2D eigenvalue weighted by Gasteiger charge is 2.34. The van der Waals surface area contributed by atoms with Gasteiger partial charge in [-0.05, 0) is 48.7 Å². The lowest BCUT2D eigenvalue weighted by Crippen LogP contribution is -2.26. The molecule has 1 N–H and O–H groups in total. The molecular formula is C19H24N2O3S. The third kappa shape index (κ3) is 3.29. The first-order valence-electron chi connectivity index (χ1n) is 8.37. The largest absolute Gasteiger partial charge is 0.385 e. The summed E-state index contributed by atoms with van der Waals surface area (Å²) in [6.45, 7) is 3.38. The van der Waals surface area contributed by atoms with Crippen LogP contribution in [0.5, 0.6) is 0 Å². The van der Waals surface area contributed by atoms with Crippen LogP contribution in [0.3, 0.4) is 0 Å². The molecule has 0 saturated carbocycles. The Bertz CT molecular complexity index is 865. The molecule has 5 nitrogen and oxygen atoms in total. The summed E-state index contributed by atoms with van der Waals surface area (Å²) >= 11 is 0. The predicted molar refractivity (Wildman–Crippen MR) is 99.5 cm³/mol. The summed E-state index contributed by atoms with van der Waals surface area (Å²) in [6.07, 6.45) is 0.860. The van der Waals surface area contributed by atoms with Gasteiger partial charge >= 0.3 is 0 Å². The minimum absolute atomic E-state index is 0.177. The number of fused-ring (bicyclic) bond motifs is 2. The zero-order chi connectivity index (χ0) is 18.0. The monoisotopic (exact) mass is 360 g/mol. The van der Waals surface area contributed by atoms with Crippen molar-refractivity contribution in [3.63, 3.8) is 0 Å². The Morgan fingerprint density at radius 1 is 1.16 bits per heavy atom. The quantitative estimate of drug-likeness (QED) is 0.833. The first-order valence-corrected chi connectivity index (χ1v) is 9.81. The molecule has 1 aliphatic rings. The van der Waals surface area contributed by atoms with E-state index < -0.39 is 10.0 Å². The predicted octanol–water partition coefficient (Wildman–Crippen LogP) is 2.85. The maximum absolute atomic E-state index is 13.1. The van der Waals surface area contributed by atoms with E-state index in [1.165, 1.54) is 4.31 Å². The number of ether oxygens (including phenoxy) is 1. The molecule has 0 bridgehead atoms. The van der Waals surface area contributed by atoms with Crippen LogP contribution in [0.2, 0.25) is 0 Å². The van der Waals surface area contributed by atoms with Gasteiger partial charge in [0.25, 0.3) is 10.0 Å². The van der Waals surface area contributed by atoms with Crippen LogP contribution >= 0.6 is 0 Å². The number of benzene rings is 2. The van der Waals surface area contributed by atoms with Crippen molar-refractivity contribution in [2.45, 2.75) is 24.3 Å². The first-order chi connectivity index (χ1) is 12.0. The lowest BCUT2D eigenvalue weighted by Gasteiger charge is -2.22. The minimum Gasteiger partial charge on any atom is -0.385 e. The fourth-order valence-electron chi connectivity index (χ4n) is 3.25. The zero-order valence-electron chi connectivity index (χ0n) is 14.8. The van der Waals surface area contributed by atoms with Gasteiger partial charge in [0.2, 0.25) is 0 Å². The average molecular weight is 360 g/mol. The molecule has 25 heavy (non-hydrogen) atoms. The van der Waals surface area contributed by atoms with Gasteiger partial charge in [-0.15, -0.1) is 0 Å². The van der Waals surface area contributed by atoms with Crippen LogP contribution in [-0.4, -0.2) is 35.7 Å². The maximum Gasteiger partial charge on any atom is 0.264 e. The van der Waals surface area contributed by atoms with Crippen LogP contribution < -0.4 is 9.62 Å². The number of nitrogens with one attached hydrogen (secondary N) is 1. The summed E-state index contributed by atoms with van der Waals surface area (Å²) in [7, 11) is -0.283. The van der Waals surface area contributed by atoms with Crippen molar-refractivity contribution in [1.29, 1.82) is 0 Å². The summed E-state index contributed by atoms with van der Waals surface area (Å²) < 4.78 is 32.7. The number of hydrogen-bond donors (Lipinski definition) is 1. The van der Waals surface area contributed by atoms with Gasteiger partial charge in [0.1, 0.15) is 0 Å². The van der Waals surface area contributed by atoms with Crippen molar-refractivity contribution >= 4 is 15.7 Å². The smallest absolute Gasteiger partial charge is 0.264 e. The number of rotatable bonds is 5. The molecule has 0 saturated heterocycles. The highest BCUT2D eigenvalue weighted by molar-refractivity contribution is 7.92. The van der Waals surface area contributed by atoms with E-state index in [1.807, 2.05) is 37.3 Å². The average Bonchev–Trinajstić information content (AvgIpc) is 2.67. The zero-order valence-corrected chi connectivity index (χ0v) is 15.6. The summed E-state index contributed by atoms with van der Waals surface area (Å²) in [4.78, 5) is 0.357. The van der Waals surface area contributed by atoms with E-state index in [0.717, 1.165) is 35.3 Å². The molecule has 0 fully saturated rings. The standard InChI is InChI=1S/C19H24N2O3S/c1-14-9-10-15-17(13-14)21(2)25(22,23)18-8-5-4-7-16(18)19(15)20-11-6-12-24-3/h4-5,7-10,13,19-20H,6,11-12H2,1-3H3. The molecule has 1 unspecified atom stereocenters. The lowest BCUT2D eigenvalue weighted by atomic mass is 9.95. The number of sulfonamides is 1. The molecule has 1 atom stereocenters. The van der Waals surface area contributed by atoms with Crippen LogP contribution in [0.1, 0.15) is 29.2 Å².